The average molecular weight is 620 g/mol. The minimum atomic E-state index is 0.926. The van der Waals surface area contributed by atoms with Gasteiger partial charge < -0.3 is 0 Å². The van der Waals surface area contributed by atoms with Crippen LogP contribution in [0.5, 0.6) is 0 Å². The summed E-state index contributed by atoms with van der Waals surface area (Å²) in [5.41, 5.74) is 9.63. The third-order valence-electron chi connectivity index (χ3n) is 5.23. The molecule has 0 bridgehead atoms. The summed E-state index contributed by atoms with van der Waals surface area (Å²) in [6.45, 7) is 9.70. The van der Waals surface area contributed by atoms with Crippen molar-refractivity contribution in [2.45, 2.75) is 34.5 Å². The molecule has 0 atom stereocenters. The molecule has 0 amide bonds. The third-order valence-corrected chi connectivity index (χ3v) is 7.20. The van der Waals surface area contributed by atoms with E-state index in [-0.39, 0.29) is 0 Å². The number of rotatable bonds is 3. The largest absolute Gasteiger partial charge is 0.149 e. The fourth-order valence-corrected chi connectivity index (χ4v) is 5.35. The fourth-order valence-electron chi connectivity index (χ4n) is 3.68. The minimum Gasteiger partial charge on any atom is -0.101 e. The first-order valence-electron chi connectivity index (χ1n) is 10.4. The molecule has 3 rings (SSSR count). The van der Waals surface area contributed by atoms with Crippen LogP contribution in [-0.4, -0.2) is 7.28 Å². The van der Waals surface area contributed by atoms with Gasteiger partial charge >= 0.3 is 0 Å². The summed E-state index contributed by atoms with van der Waals surface area (Å²) in [5, 5.41) is 0. The quantitative estimate of drug-likeness (QED) is 0.205. The molecule has 1 radical (unpaired) electrons. The molecule has 3 aromatic carbocycles. The smallest absolute Gasteiger partial charge is 0.101 e. The molecule has 0 unspecified atom stereocenters. The van der Waals surface area contributed by atoms with Crippen LogP contribution in [-0.2, 0) is 0 Å². The molecule has 0 aliphatic rings. The standard InChI is InChI=1S/C29H21BBr3/c1-6-9-19-14-27(31)23(12-18(19)4)25-16-26(30-5)22(17-29(25)33)24-13-20(10-7-2)21(11-8-3)15-28(24)32/h12-17H,1-5H3. The fraction of sp³-hybridized carbons (Fsp3) is 0.172. The van der Waals surface area contributed by atoms with Crippen molar-refractivity contribution in [1.82, 2.24) is 0 Å². The van der Waals surface area contributed by atoms with Gasteiger partial charge in [-0.15, -0.1) is 17.8 Å². The lowest BCUT2D eigenvalue weighted by atomic mass is 9.69. The van der Waals surface area contributed by atoms with E-state index in [1.54, 1.807) is 0 Å². The van der Waals surface area contributed by atoms with Gasteiger partial charge in [-0.25, -0.2) is 0 Å². The Hall–Kier alpha value is -2.16. The molecule has 33 heavy (non-hydrogen) atoms. The molecule has 0 spiro atoms. The summed E-state index contributed by atoms with van der Waals surface area (Å²) in [4.78, 5) is 0. The Labute approximate surface area is 223 Å². The van der Waals surface area contributed by atoms with Crippen molar-refractivity contribution in [1.29, 1.82) is 0 Å². The summed E-state index contributed by atoms with van der Waals surface area (Å²) in [6.07, 6.45) is 0. The van der Waals surface area contributed by atoms with E-state index < -0.39 is 0 Å². The van der Waals surface area contributed by atoms with Crippen LogP contribution in [0.4, 0.5) is 0 Å². The van der Waals surface area contributed by atoms with Gasteiger partial charge in [0.15, 0.2) is 0 Å². The number of benzene rings is 3. The van der Waals surface area contributed by atoms with Gasteiger partial charge in [-0.2, -0.15) is 0 Å². The van der Waals surface area contributed by atoms with Crippen LogP contribution < -0.4 is 5.46 Å². The Balaban J connectivity index is 2.24. The van der Waals surface area contributed by atoms with Crippen molar-refractivity contribution in [3.05, 3.63) is 72.1 Å². The van der Waals surface area contributed by atoms with Gasteiger partial charge in [0, 0.05) is 30.1 Å². The molecule has 161 valence electrons. The van der Waals surface area contributed by atoms with Crippen molar-refractivity contribution in [2.24, 2.45) is 0 Å². The van der Waals surface area contributed by atoms with Gasteiger partial charge in [0.25, 0.3) is 0 Å². The van der Waals surface area contributed by atoms with Crippen LogP contribution >= 0.6 is 47.8 Å². The van der Waals surface area contributed by atoms with Gasteiger partial charge in [-0.3, -0.25) is 0 Å². The number of hydrogen-bond donors (Lipinski definition) is 0. The topological polar surface area (TPSA) is 0 Å². The van der Waals surface area contributed by atoms with Gasteiger partial charge in [-0.05, 0) is 85.8 Å². The molecule has 0 N–H and O–H groups in total. The maximum absolute atomic E-state index is 3.84. The SMILES string of the molecule is C[B]c1cc(-c2cc(C)c(C#CC)cc2Br)c(Br)cc1-c1cc(C#CC)c(C#CC)cc1Br. The van der Waals surface area contributed by atoms with Crippen LogP contribution in [0.2, 0.25) is 6.82 Å². The molecule has 3 aromatic rings. The molecule has 0 aliphatic heterocycles. The van der Waals surface area contributed by atoms with Gasteiger partial charge in [0.05, 0.1) is 0 Å². The van der Waals surface area contributed by atoms with Gasteiger partial charge in [0.2, 0.25) is 0 Å². The molecule has 4 heteroatoms. The van der Waals surface area contributed by atoms with Crippen LogP contribution in [0.1, 0.15) is 43.0 Å². The lowest BCUT2D eigenvalue weighted by Gasteiger charge is -2.17. The zero-order chi connectivity index (χ0) is 24.1. The summed E-state index contributed by atoms with van der Waals surface area (Å²) < 4.78 is 3.03. The van der Waals surface area contributed by atoms with Gasteiger partial charge in [0.1, 0.15) is 7.28 Å². The van der Waals surface area contributed by atoms with Crippen LogP contribution in [0, 0.1) is 42.4 Å². The lowest BCUT2D eigenvalue weighted by Crippen LogP contribution is -2.15. The maximum atomic E-state index is 3.84. The second kappa shape index (κ2) is 11.3. The molecule has 0 aliphatic carbocycles. The Morgan fingerprint density at radius 3 is 1.61 bits per heavy atom. The number of hydrogen-bond acceptors (Lipinski definition) is 0. The van der Waals surface area contributed by atoms with E-state index in [0.717, 1.165) is 63.4 Å². The Morgan fingerprint density at radius 2 is 1.03 bits per heavy atom. The summed E-state index contributed by atoms with van der Waals surface area (Å²) in [7, 11) is 2.14. The van der Waals surface area contributed by atoms with E-state index in [1.807, 2.05) is 20.8 Å². The highest BCUT2D eigenvalue weighted by molar-refractivity contribution is 9.11. The molecule has 0 heterocycles. The lowest BCUT2D eigenvalue weighted by molar-refractivity contribution is 1.41. The second-order valence-corrected chi connectivity index (χ2v) is 9.92. The predicted octanol–water partition coefficient (Wildman–Crippen LogP) is 8.11. The van der Waals surface area contributed by atoms with E-state index in [4.69, 9.17) is 0 Å². The van der Waals surface area contributed by atoms with Gasteiger partial charge in [-0.1, -0.05) is 83.9 Å². The van der Waals surface area contributed by atoms with Crippen molar-refractivity contribution in [3.8, 4) is 57.8 Å². The molecule has 0 saturated heterocycles. The highest BCUT2D eigenvalue weighted by atomic mass is 79.9. The molecular weight excluding hydrogens is 599 g/mol. The molecule has 0 aromatic heterocycles. The van der Waals surface area contributed by atoms with Crippen molar-refractivity contribution >= 4 is 60.5 Å². The van der Waals surface area contributed by atoms with Crippen LogP contribution in [0.15, 0.2) is 49.8 Å². The first-order chi connectivity index (χ1) is 15.8. The van der Waals surface area contributed by atoms with Crippen molar-refractivity contribution in [2.75, 3.05) is 0 Å². The molecule has 0 saturated carbocycles. The first kappa shape index (κ1) is 25.5. The first-order valence-corrected chi connectivity index (χ1v) is 12.8. The molecule has 0 nitrogen and oxygen atoms in total. The maximum Gasteiger partial charge on any atom is 0.149 e. The summed E-state index contributed by atoms with van der Waals surface area (Å²) in [6, 6.07) is 12.9. The van der Waals surface area contributed by atoms with E-state index >= 15 is 0 Å². The zero-order valence-electron chi connectivity index (χ0n) is 19.2. The highest BCUT2D eigenvalue weighted by Crippen LogP contribution is 2.38. The third kappa shape index (κ3) is 5.50. The summed E-state index contributed by atoms with van der Waals surface area (Å²) in [5.74, 6) is 18.5. The summed E-state index contributed by atoms with van der Waals surface area (Å²) >= 11 is 11.4. The van der Waals surface area contributed by atoms with Crippen LogP contribution in [0.3, 0.4) is 0 Å². The van der Waals surface area contributed by atoms with E-state index in [0.29, 0.717) is 0 Å². The Bertz CT molecular complexity index is 1430. The molecule has 0 fully saturated rings. The van der Waals surface area contributed by atoms with Crippen LogP contribution in [0.25, 0.3) is 22.3 Å². The van der Waals surface area contributed by atoms with E-state index in [2.05, 4.69) is 141 Å². The van der Waals surface area contributed by atoms with Crippen molar-refractivity contribution in [3.63, 3.8) is 0 Å². The normalized spacial score (nSPS) is 9.70. The van der Waals surface area contributed by atoms with Crippen molar-refractivity contribution < 1.29 is 0 Å². The van der Waals surface area contributed by atoms with E-state index in [1.165, 1.54) is 0 Å². The number of aryl methyl sites for hydroxylation is 1. The molecular formula is C29H21BBr3. The average Bonchev–Trinajstić information content (AvgIpc) is 2.78. The predicted molar refractivity (Wildman–Crippen MR) is 154 cm³/mol. The number of halogens is 3. The Kier molecular flexibility index (Phi) is 8.73. The second-order valence-electron chi connectivity index (χ2n) is 7.36. The highest BCUT2D eigenvalue weighted by Gasteiger charge is 2.17. The minimum absolute atomic E-state index is 0.926. The zero-order valence-corrected chi connectivity index (χ0v) is 23.9. The van der Waals surface area contributed by atoms with E-state index in [9.17, 15) is 0 Å². The monoisotopic (exact) mass is 617 g/mol. The Morgan fingerprint density at radius 1 is 0.576 bits per heavy atom.